The summed E-state index contributed by atoms with van der Waals surface area (Å²) in [5, 5.41) is 9.25. The lowest BCUT2D eigenvalue weighted by Gasteiger charge is -2.14. The molecule has 0 unspecified atom stereocenters. The highest BCUT2D eigenvalue weighted by molar-refractivity contribution is 7.98. The summed E-state index contributed by atoms with van der Waals surface area (Å²) < 4.78 is 40.4. The first-order chi connectivity index (χ1) is 12.5. The van der Waals surface area contributed by atoms with Gasteiger partial charge in [-0.3, -0.25) is 0 Å². The van der Waals surface area contributed by atoms with E-state index in [1.165, 1.54) is 22.5 Å². The normalized spacial score (nSPS) is 11.3. The van der Waals surface area contributed by atoms with Gasteiger partial charge in [0.1, 0.15) is 6.54 Å². The Kier molecular flexibility index (Phi) is 5.33. The van der Waals surface area contributed by atoms with Crippen molar-refractivity contribution in [3.63, 3.8) is 0 Å². The van der Waals surface area contributed by atoms with Crippen LogP contribution in [-0.4, -0.2) is 15.7 Å². The second-order valence-electron chi connectivity index (χ2n) is 5.59. The molecule has 3 aromatic rings. The summed E-state index contributed by atoms with van der Waals surface area (Å²) in [6, 6.07) is 17.9. The molecule has 0 fully saturated rings. The van der Waals surface area contributed by atoms with E-state index in [0.29, 0.717) is 27.7 Å². The molecular formula is C19H14F3N3S. The molecule has 0 aliphatic rings. The van der Waals surface area contributed by atoms with Crippen LogP contribution in [0, 0.1) is 11.3 Å². The minimum atomic E-state index is -4.35. The molecule has 0 saturated carbocycles. The molecule has 0 atom stereocenters. The smallest absolute Gasteiger partial charge is 0.310 e. The summed E-state index contributed by atoms with van der Waals surface area (Å²) in [7, 11) is 0. The Hall–Kier alpha value is -2.72. The summed E-state index contributed by atoms with van der Waals surface area (Å²) in [5.74, 6) is 0.429. The largest absolute Gasteiger partial charge is 0.406 e. The van der Waals surface area contributed by atoms with Crippen LogP contribution in [0.1, 0.15) is 11.1 Å². The molecule has 2 aromatic carbocycles. The Balaban J connectivity index is 1.89. The molecule has 0 radical (unpaired) electrons. The van der Waals surface area contributed by atoms with Crippen LogP contribution >= 0.6 is 11.8 Å². The average Bonchev–Trinajstić information content (AvgIpc) is 3.01. The van der Waals surface area contributed by atoms with Crippen molar-refractivity contribution in [2.45, 2.75) is 23.6 Å². The maximum absolute atomic E-state index is 13.1. The highest BCUT2D eigenvalue weighted by Crippen LogP contribution is 2.31. The number of aromatic nitrogens is 2. The predicted octanol–water partition coefficient (Wildman–Crippen LogP) is 5.28. The maximum Gasteiger partial charge on any atom is 0.406 e. The van der Waals surface area contributed by atoms with Gasteiger partial charge in [0.15, 0.2) is 5.16 Å². The Morgan fingerprint density at radius 2 is 1.85 bits per heavy atom. The molecule has 0 aliphatic carbocycles. The molecule has 1 aromatic heterocycles. The molecule has 3 nitrogen and oxygen atoms in total. The van der Waals surface area contributed by atoms with E-state index in [-0.39, 0.29) is 0 Å². The number of imidazole rings is 1. The molecule has 0 amide bonds. The number of rotatable bonds is 5. The Morgan fingerprint density at radius 1 is 1.08 bits per heavy atom. The molecule has 0 saturated heterocycles. The third kappa shape index (κ3) is 4.46. The van der Waals surface area contributed by atoms with Crippen LogP contribution in [-0.2, 0) is 12.3 Å². The molecule has 0 aliphatic heterocycles. The van der Waals surface area contributed by atoms with Crippen LogP contribution in [0.3, 0.4) is 0 Å². The van der Waals surface area contributed by atoms with Crippen molar-refractivity contribution in [3.05, 3.63) is 71.9 Å². The van der Waals surface area contributed by atoms with E-state index in [1.54, 1.807) is 42.5 Å². The molecule has 132 valence electrons. The monoisotopic (exact) mass is 373 g/mol. The summed E-state index contributed by atoms with van der Waals surface area (Å²) in [5.41, 5.74) is 2.49. The van der Waals surface area contributed by atoms with Crippen molar-refractivity contribution < 1.29 is 13.2 Å². The predicted molar refractivity (Wildman–Crippen MR) is 94.4 cm³/mol. The lowest BCUT2D eigenvalue weighted by Crippen LogP contribution is -2.19. The van der Waals surface area contributed by atoms with Gasteiger partial charge >= 0.3 is 6.18 Å². The molecule has 3 rings (SSSR count). The van der Waals surface area contributed by atoms with Crippen molar-refractivity contribution in [2.24, 2.45) is 0 Å². The van der Waals surface area contributed by atoms with Gasteiger partial charge in [-0.2, -0.15) is 18.4 Å². The van der Waals surface area contributed by atoms with Gasteiger partial charge in [0, 0.05) is 5.75 Å². The van der Waals surface area contributed by atoms with Gasteiger partial charge in [-0.1, -0.05) is 54.2 Å². The van der Waals surface area contributed by atoms with Crippen LogP contribution in [0.25, 0.3) is 11.3 Å². The fourth-order valence-electron chi connectivity index (χ4n) is 2.52. The van der Waals surface area contributed by atoms with Gasteiger partial charge in [-0.05, 0) is 23.3 Å². The van der Waals surface area contributed by atoms with Crippen LogP contribution in [0.5, 0.6) is 0 Å². The van der Waals surface area contributed by atoms with E-state index in [1.807, 2.05) is 12.1 Å². The topological polar surface area (TPSA) is 41.6 Å². The molecule has 0 N–H and O–H groups in total. The maximum atomic E-state index is 13.1. The molecule has 1 heterocycles. The number of benzene rings is 2. The van der Waals surface area contributed by atoms with E-state index in [0.717, 1.165) is 5.56 Å². The van der Waals surface area contributed by atoms with Crippen molar-refractivity contribution in [3.8, 4) is 17.3 Å². The third-order valence-corrected chi connectivity index (χ3v) is 4.71. The summed E-state index contributed by atoms with van der Waals surface area (Å²) in [6.07, 6.45) is -2.88. The average molecular weight is 373 g/mol. The minimum absolute atomic E-state index is 0.295. The number of nitrogens with zero attached hydrogens (tertiary/aromatic N) is 3. The Bertz CT molecular complexity index is 927. The standard InChI is InChI=1S/C19H14F3N3S/c20-19(21,22)13-25-17(16-7-2-1-3-8-16)11-24-18(25)26-12-15-6-4-5-14(9-15)10-23/h1-9,11H,12-13H2. The SMILES string of the molecule is N#Cc1cccc(CSc2ncc(-c3ccccc3)n2CC(F)(F)F)c1. The van der Waals surface area contributed by atoms with Crippen LogP contribution in [0.2, 0.25) is 0 Å². The van der Waals surface area contributed by atoms with Crippen molar-refractivity contribution in [2.75, 3.05) is 0 Å². The summed E-state index contributed by atoms with van der Waals surface area (Å²) >= 11 is 1.22. The zero-order valence-electron chi connectivity index (χ0n) is 13.6. The lowest BCUT2D eigenvalue weighted by atomic mass is 10.2. The second kappa shape index (κ2) is 7.67. The van der Waals surface area contributed by atoms with Crippen molar-refractivity contribution >= 4 is 11.8 Å². The molecule has 26 heavy (non-hydrogen) atoms. The minimum Gasteiger partial charge on any atom is -0.310 e. The van der Waals surface area contributed by atoms with Gasteiger partial charge in [-0.15, -0.1) is 0 Å². The van der Waals surface area contributed by atoms with Gasteiger partial charge in [0.05, 0.1) is 23.5 Å². The van der Waals surface area contributed by atoms with Crippen molar-refractivity contribution in [1.82, 2.24) is 9.55 Å². The van der Waals surface area contributed by atoms with Gasteiger partial charge in [0.25, 0.3) is 0 Å². The highest BCUT2D eigenvalue weighted by atomic mass is 32.2. The molecule has 7 heteroatoms. The third-order valence-electron chi connectivity index (χ3n) is 3.65. The first kappa shape index (κ1) is 18.1. The summed E-state index contributed by atoms with van der Waals surface area (Å²) in [6.45, 7) is -1.10. The van der Waals surface area contributed by atoms with E-state index in [2.05, 4.69) is 11.1 Å². The fraction of sp³-hybridized carbons (Fsp3) is 0.158. The zero-order valence-corrected chi connectivity index (χ0v) is 14.4. The Labute approximate surface area is 153 Å². The second-order valence-corrected chi connectivity index (χ2v) is 6.54. The fourth-order valence-corrected chi connectivity index (χ4v) is 3.45. The first-order valence-corrected chi connectivity index (χ1v) is 8.74. The van der Waals surface area contributed by atoms with Crippen LogP contribution in [0.4, 0.5) is 13.2 Å². The van der Waals surface area contributed by atoms with E-state index < -0.39 is 12.7 Å². The van der Waals surface area contributed by atoms with Gasteiger partial charge < -0.3 is 4.57 Å². The molecule has 0 bridgehead atoms. The quantitative estimate of drug-likeness (QED) is 0.572. The highest BCUT2D eigenvalue weighted by Gasteiger charge is 2.30. The number of hydrogen-bond donors (Lipinski definition) is 0. The number of nitriles is 1. The number of alkyl halides is 3. The van der Waals surface area contributed by atoms with Gasteiger partial charge in [-0.25, -0.2) is 4.98 Å². The number of halogens is 3. The lowest BCUT2D eigenvalue weighted by molar-refractivity contribution is -0.141. The van der Waals surface area contributed by atoms with Crippen LogP contribution in [0.15, 0.2) is 66.0 Å². The van der Waals surface area contributed by atoms with E-state index >= 15 is 0 Å². The van der Waals surface area contributed by atoms with Crippen LogP contribution < -0.4 is 0 Å². The Morgan fingerprint density at radius 3 is 2.54 bits per heavy atom. The van der Waals surface area contributed by atoms with E-state index in [9.17, 15) is 13.2 Å². The summed E-state index contributed by atoms with van der Waals surface area (Å²) in [4.78, 5) is 4.20. The van der Waals surface area contributed by atoms with Gasteiger partial charge in [0.2, 0.25) is 0 Å². The molecular weight excluding hydrogens is 359 g/mol. The molecule has 0 spiro atoms. The van der Waals surface area contributed by atoms with E-state index in [4.69, 9.17) is 5.26 Å². The zero-order chi connectivity index (χ0) is 18.6. The number of thioether (sulfide) groups is 1. The first-order valence-electron chi connectivity index (χ1n) is 7.76. The van der Waals surface area contributed by atoms with Crippen molar-refractivity contribution in [1.29, 1.82) is 5.26 Å². The number of hydrogen-bond acceptors (Lipinski definition) is 3.